The molecule has 1 aliphatic heterocycles. The molecule has 2 aromatic rings. The van der Waals surface area contributed by atoms with E-state index in [1.54, 1.807) is 24.1 Å². The van der Waals surface area contributed by atoms with Crippen LogP contribution in [0.2, 0.25) is 5.02 Å². The Morgan fingerprint density at radius 2 is 2.04 bits per heavy atom. The van der Waals surface area contributed by atoms with Crippen LogP contribution in [0.15, 0.2) is 42.5 Å². The number of hydrogen-bond donors (Lipinski definition) is 1. The monoisotopic (exact) mass is 386 g/mol. The van der Waals surface area contributed by atoms with E-state index in [1.165, 1.54) is 0 Å². The Bertz CT molecular complexity index is 853. The maximum absolute atomic E-state index is 12.6. The standard InChI is InChI=1S/C21H23ClN2O3/c1-14-17(22)7-5-8-18(14)23-21(26)16-12-20(25)24(13-16)11-10-15-6-3-4-9-19(15)27-2/h3-9,16H,10-13H2,1-2H3,(H,23,26). The summed E-state index contributed by atoms with van der Waals surface area (Å²) >= 11 is 6.10. The van der Waals surface area contributed by atoms with Crippen molar-refractivity contribution in [3.8, 4) is 5.75 Å². The number of rotatable bonds is 6. The third-order valence-electron chi connectivity index (χ3n) is 4.95. The van der Waals surface area contributed by atoms with Crippen molar-refractivity contribution in [2.75, 3.05) is 25.5 Å². The molecule has 1 fully saturated rings. The molecule has 2 amide bonds. The molecule has 1 N–H and O–H groups in total. The lowest BCUT2D eigenvalue weighted by Crippen LogP contribution is -2.30. The summed E-state index contributed by atoms with van der Waals surface area (Å²) in [5.41, 5.74) is 2.56. The highest BCUT2D eigenvalue weighted by Crippen LogP contribution is 2.26. The molecule has 0 aromatic heterocycles. The van der Waals surface area contributed by atoms with Crippen molar-refractivity contribution >= 4 is 29.1 Å². The summed E-state index contributed by atoms with van der Waals surface area (Å²) in [6, 6.07) is 13.2. The minimum atomic E-state index is -0.353. The first kappa shape index (κ1) is 19.2. The number of benzene rings is 2. The van der Waals surface area contributed by atoms with Crippen molar-refractivity contribution in [1.82, 2.24) is 4.90 Å². The minimum Gasteiger partial charge on any atom is -0.496 e. The van der Waals surface area contributed by atoms with E-state index < -0.39 is 0 Å². The predicted molar refractivity (Wildman–Crippen MR) is 106 cm³/mol. The largest absolute Gasteiger partial charge is 0.496 e. The third-order valence-corrected chi connectivity index (χ3v) is 5.36. The molecule has 27 heavy (non-hydrogen) atoms. The van der Waals surface area contributed by atoms with E-state index in [4.69, 9.17) is 16.3 Å². The van der Waals surface area contributed by atoms with Gasteiger partial charge in [0.2, 0.25) is 11.8 Å². The first-order valence-corrected chi connectivity index (χ1v) is 9.33. The van der Waals surface area contributed by atoms with Crippen LogP contribution in [0, 0.1) is 12.8 Å². The molecule has 0 bridgehead atoms. The number of para-hydroxylation sites is 1. The number of carbonyl (C=O) groups excluding carboxylic acids is 2. The zero-order valence-electron chi connectivity index (χ0n) is 15.5. The van der Waals surface area contributed by atoms with Crippen molar-refractivity contribution in [3.63, 3.8) is 0 Å². The average Bonchev–Trinajstić information content (AvgIpc) is 3.05. The Balaban J connectivity index is 1.59. The molecule has 5 nitrogen and oxygen atoms in total. The third kappa shape index (κ3) is 4.42. The number of halogens is 1. The molecule has 0 spiro atoms. The highest BCUT2D eigenvalue weighted by molar-refractivity contribution is 6.31. The van der Waals surface area contributed by atoms with Crippen LogP contribution in [0.1, 0.15) is 17.5 Å². The maximum Gasteiger partial charge on any atom is 0.229 e. The Kier molecular flexibility index (Phi) is 6.01. The molecule has 0 aliphatic carbocycles. The van der Waals surface area contributed by atoms with Crippen molar-refractivity contribution in [2.45, 2.75) is 19.8 Å². The molecular weight excluding hydrogens is 364 g/mol. The summed E-state index contributed by atoms with van der Waals surface area (Å²) in [7, 11) is 1.64. The molecule has 1 atom stereocenters. The molecule has 3 rings (SSSR count). The normalized spacial score (nSPS) is 16.5. The van der Waals surface area contributed by atoms with E-state index in [0.29, 0.717) is 30.2 Å². The average molecular weight is 387 g/mol. The van der Waals surface area contributed by atoms with Crippen LogP contribution < -0.4 is 10.1 Å². The number of anilines is 1. The lowest BCUT2D eigenvalue weighted by molar-refractivity contribution is -0.128. The van der Waals surface area contributed by atoms with Gasteiger partial charge in [-0.05, 0) is 42.7 Å². The van der Waals surface area contributed by atoms with Gasteiger partial charge in [0.05, 0.1) is 13.0 Å². The molecule has 1 unspecified atom stereocenters. The van der Waals surface area contributed by atoms with E-state index in [0.717, 1.165) is 16.9 Å². The van der Waals surface area contributed by atoms with Crippen molar-refractivity contribution in [1.29, 1.82) is 0 Å². The van der Waals surface area contributed by atoms with E-state index in [9.17, 15) is 9.59 Å². The number of hydrogen-bond acceptors (Lipinski definition) is 3. The predicted octanol–water partition coefficient (Wildman–Crippen LogP) is 3.69. The molecule has 0 radical (unpaired) electrons. The van der Waals surface area contributed by atoms with E-state index >= 15 is 0 Å². The van der Waals surface area contributed by atoms with Crippen molar-refractivity contribution < 1.29 is 14.3 Å². The van der Waals surface area contributed by atoms with Gasteiger partial charge in [0, 0.05) is 30.2 Å². The van der Waals surface area contributed by atoms with Gasteiger partial charge in [-0.2, -0.15) is 0 Å². The molecule has 1 saturated heterocycles. The number of nitrogens with zero attached hydrogens (tertiary/aromatic N) is 1. The van der Waals surface area contributed by atoms with Gasteiger partial charge in [0.15, 0.2) is 0 Å². The topological polar surface area (TPSA) is 58.6 Å². The Morgan fingerprint density at radius 1 is 1.26 bits per heavy atom. The lowest BCUT2D eigenvalue weighted by Gasteiger charge is -2.18. The molecule has 142 valence electrons. The lowest BCUT2D eigenvalue weighted by atomic mass is 10.1. The van der Waals surface area contributed by atoms with Crippen LogP contribution in [0.3, 0.4) is 0 Å². The smallest absolute Gasteiger partial charge is 0.229 e. The van der Waals surface area contributed by atoms with Crippen molar-refractivity contribution in [2.24, 2.45) is 5.92 Å². The Hall–Kier alpha value is -2.53. The zero-order valence-corrected chi connectivity index (χ0v) is 16.3. The highest BCUT2D eigenvalue weighted by Gasteiger charge is 2.34. The fourth-order valence-corrected chi connectivity index (χ4v) is 3.48. The number of ether oxygens (including phenoxy) is 1. The van der Waals surface area contributed by atoms with E-state index in [2.05, 4.69) is 5.32 Å². The minimum absolute atomic E-state index is 0.00728. The van der Waals surface area contributed by atoms with Gasteiger partial charge in [-0.25, -0.2) is 0 Å². The first-order chi connectivity index (χ1) is 13.0. The van der Waals surface area contributed by atoms with Crippen LogP contribution in [0.25, 0.3) is 0 Å². The van der Waals surface area contributed by atoms with Crippen LogP contribution in [0.5, 0.6) is 5.75 Å². The van der Waals surface area contributed by atoms with Gasteiger partial charge in [-0.15, -0.1) is 0 Å². The summed E-state index contributed by atoms with van der Waals surface area (Å²) < 4.78 is 5.36. The number of amides is 2. The summed E-state index contributed by atoms with van der Waals surface area (Å²) in [6.07, 6.45) is 0.925. The molecule has 6 heteroatoms. The zero-order chi connectivity index (χ0) is 19.4. The van der Waals surface area contributed by atoms with Gasteiger partial charge >= 0.3 is 0 Å². The SMILES string of the molecule is COc1ccccc1CCN1CC(C(=O)Nc2cccc(Cl)c2C)CC1=O. The van der Waals surface area contributed by atoms with E-state index in [1.807, 2.05) is 37.3 Å². The highest BCUT2D eigenvalue weighted by atomic mass is 35.5. The Labute approximate surface area is 164 Å². The van der Waals surface area contributed by atoms with Gasteiger partial charge in [0.25, 0.3) is 0 Å². The van der Waals surface area contributed by atoms with Gasteiger partial charge < -0.3 is 15.0 Å². The fraction of sp³-hybridized carbons (Fsp3) is 0.333. The van der Waals surface area contributed by atoms with Gasteiger partial charge in [0.1, 0.15) is 5.75 Å². The summed E-state index contributed by atoms with van der Waals surface area (Å²) in [5.74, 6) is 0.324. The second-order valence-electron chi connectivity index (χ2n) is 6.70. The van der Waals surface area contributed by atoms with Crippen LogP contribution in [0.4, 0.5) is 5.69 Å². The second-order valence-corrected chi connectivity index (χ2v) is 7.11. The summed E-state index contributed by atoms with van der Waals surface area (Å²) in [5, 5.41) is 3.51. The number of nitrogens with one attached hydrogen (secondary N) is 1. The Morgan fingerprint density at radius 3 is 2.81 bits per heavy atom. The second kappa shape index (κ2) is 8.44. The molecular formula is C21H23ClN2O3. The van der Waals surface area contributed by atoms with Crippen LogP contribution in [-0.4, -0.2) is 36.9 Å². The first-order valence-electron chi connectivity index (χ1n) is 8.95. The molecule has 2 aromatic carbocycles. The number of likely N-dealkylation sites (tertiary alicyclic amines) is 1. The fourth-order valence-electron chi connectivity index (χ4n) is 3.31. The van der Waals surface area contributed by atoms with Gasteiger partial charge in [-0.3, -0.25) is 9.59 Å². The van der Waals surface area contributed by atoms with Crippen molar-refractivity contribution in [3.05, 3.63) is 58.6 Å². The van der Waals surface area contributed by atoms with Crippen LogP contribution >= 0.6 is 11.6 Å². The molecule has 0 saturated carbocycles. The molecule has 1 aliphatic rings. The maximum atomic E-state index is 12.6. The summed E-state index contributed by atoms with van der Waals surface area (Å²) in [4.78, 5) is 26.7. The van der Waals surface area contributed by atoms with Crippen LogP contribution in [-0.2, 0) is 16.0 Å². The number of carbonyl (C=O) groups is 2. The quantitative estimate of drug-likeness (QED) is 0.823. The van der Waals surface area contributed by atoms with E-state index in [-0.39, 0.29) is 24.2 Å². The summed E-state index contributed by atoms with van der Waals surface area (Å²) in [6.45, 7) is 2.86. The van der Waals surface area contributed by atoms with Gasteiger partial charge in [-0.1, -0.05) is 35.9 Å². The number of methoxy groups -OCH3 is 1. The molecule has 1 heterocycles.